The highest BCUT2D eigenvalue weighted by atomic mass is 35.5. The Hall–Kier alpha value is -2.18. The molecular formula is C19H20ClF2N3O. The van der Waals surface area contributed by atoms with Gasteiger partial charge in [-0.15, -0.1) is 0 Å². The molecular weight excluding hydrogens is 360 g/mol. The first-order valence-electron chi connectivity index (χ1n) is 8.44. The van der Waals surface area contributed by atoms with Crippen LogP contribution in [-0.4, -0.2) is 43.0 Å². The summed E-state index contributed by atoms with van der Waals surface area (Å²) in [5.41, 5.74) is 1.37. The van der Waals surface area contributed by atoms with Gasteiger partial charge in [0.05, 0.1) is 16.8 Å². The lowest BCUT2D eigenvalue weighted by Gasteiger charge is -2.38. The highest BCUT2D eigenvalue weighted by molar-refractivity contribution is 6.33. The number of nitrogens with zero attached hydrogens (tertiary/aromatic N) is 2. The smallest absolute Gasteiger partial charge is 0.241 e. The van der Waals surface area contributed by atoms with Crippen LogP contribution in [0.5, 0.6) is 0 Å². The zero-order valence-electron chi connectivity index (χ0n) is 14.4. The third kappa shape index (κ3) is 4.31. The molecule has 0 unspecified atom stereocenters. The molecule has 0 aromatic heterocycles. The number of halogens is 3. The standard InChI is InChI=1S/C19H20ClF2N3O/c1-13(19(26)23-18-7-4-15(22)12-17(18)20)24-8-10-25(11-9-24)16-5-2-14(21)3-6-16/h2-7,12-13H,8-11H2,1H3,(H,23,26)/t13-/m1/s1. The van der Waals surface area contributed by atoms with E-state index in [1.807, 2.05) is 6.92 Å². The molecule has 26 heavy (non-hydrogen) atoms. The Morgan fingerprint density at radius 2 is 1.65 bits per heavy atom. The molecule has 1 N–H and O–H groups in total. The highest BCUT2D eigenvalue weighted by Crippen LogP contribution is 2.23. The quantitative estimate of drug-likeness (QED) is 0.878. The summed E-state index contributed by atoms with van der Waals surface area (Å²) in [5, 5.41) is 2.92. The Morgan fingerprint density at radius 1 is 1.04 bits per heavy atom. The molecule has 2 aromatic carbocycles. The minimum absolute atomic E-state index is 0.173. The molecule has 1 atom stereocenters. The van der Waals surface area contributed by atoms with Gasteiger partial charge in [0.15, 0.2) is 0 Å². The number of rotatable bonds is 4. The van der Waals surface area contributed by atoms with E-state index in [0.29, 0.717) is 18.8 Å². The van der Waals surface area contributed by atoms with Crippen molar-refractivity contribution < 1.29 is 13.6 Å². The predicted octanol–water partition coefficient (Wildman–Crippen LogP) is 3.77. The molecule has 1 amide bonds. The first-order valence-corrected chi connectivity index (χ1v) is 8.82. The summed E-state index contributed by atoms with van der Waals surface area (Å²) in [4.78, 5) is 16.7. The molecule has 0 saturated carbocycles. The van der Waals surface area contributed by atoms with E-state index in [9.17, 15) is 13.6 Å². The number of amides is 1. The fourth-order valence-electron chi connectivity index (χ4n) is 3.01. The van der Waals surface area contributed by atoms with E-state index in [2.05, 4.69) is 15.1 Å². The molecule has 1 saturated heterocycles. The summed E-state index contributed by atoms with van der Waals surface area (Å²) in [6, 6.07) is 9.96. The fraction of sp³-hybridized carbons (Fsp3) is 0.316. The number of hydrogen-bond acceptors (Lipinski definition) is 3. The van der Waals surface area contributed by atoms with Gasteiger partial charge in [0.1, 0.15) is 11.6 Å². The van der Waals surface area contributed by atoms with Crippen molar-refractivity contribution in [3.63, 3.8) is 0 Å². The fourth-order valence-corrected chi connectivity index (χ4v) is 3.23. The lowest BCUT2D eigenvalue weighted by molar-refractivity contribution is -0.120. The molecule has 138 valence electrons. The Balaban J connectivity index is 1.56. The monoisotopic (exact) mass is 379 g/mol. The molecule has 0 bridgehead atoms. The van der Waals surface area contributed by atoms with Crippen molar-refractivity contribution in [3.05, 3.63) is 59.1 Å². The summed E-state index contributed by atoms with van der Waals surface area (Å²) < 4.78 is 26.1. The number of carbonyl (C=O) groups excluding carboxylic acids is 1. The molecule has 3 rings (SSSR count). The number of nitrogens with one attached hydrogen (secondary N) is 1. The maximum Gasteiger partial charge on any atom is 0.241 e. The molecule has 1 aliphatic heterocycles. The van der Waals surface area contributed by atoms with Crippen molar-refractivity contribution in [1.82, 2.24) is 4.90 Å². The summed E-state index contributed by atoms with van der Waals surface area (Å²) in [7, 11) is 0. The molecule has 1 heterocycles. The van der Waals surface area contributed by atoms with Gasteiger partial charge in [0.25, 0.3) is 0 Å². The Labute approximate surface area is 156 Å². The third-order valence-electron chi connectivity index (χ3n) is 4.62. The van der Waals surface area contributed by atoms with E-state index < -0.39 is 5.82 Å². The van der Waals surface area contributed by atoms with Crippen LogP contribution in [-0.2, 0) is 4.79 Å². The van der Waals surface area contributed by atoms with Crippen molar-refractivity contribution in [2.75, 3.05) is 36.4 Å². The number of carbonyl (C=O) groups is 1. The van der Waals surface area contributed by atoms with Gasteiger partial charge in [0.2, 0.25) is 5.91 Å². The minimum atomic E-state index is -0.446. The van der Waals surface area contributed by atoms with Crippen molar-refractivity contribution in [2.24, 2.45) is 0 Å². The van der Waals surface area contributed by atoms with E-state index in [1.54, 1.807) is 12.1 Å². The molecule has 1 fully saturated rings. The van der Waals surface area contributed by atoms with Crippen molar-refractivity contribution in [3.8, 4) is 0 Å². The van der Waals surface area contributed by atoms with Gasteiger partial charge in [-0.1, -0.05) is 11.6 Å². The van der Waals surface area contributed by atoms with Crippen LogP contribution in [0.2, 0.25) is 5.02 Å². The predicted molar refractivity (Wildman–Crippen MR) is 99.7 cm³/mol. The number of anilines is 2. The third-order valence-corrected chi connectivity index (χ3v) is 4.93. The lowest BCUT2D eigenvalue weighted by Crippen LogP contribution is -2.52. The van der Waals surface area contributed by atoms with Crippen LogP contribution in [0, 0.1) is 11.6 Å². The number of benzene rings is 2. The van der Waals surface area contributed by atoms with Gasteiger partial charge < -0.3 is 10.2 Å². The summed E-state index contributed by atoms with van der Waals surface area (Å²) >= 11 is 5.96. The number of piperazine rings is 1. The first kappa shape index (κ1) is 18.6. The molecule has 0 aliphatic carbocycles. The van der Waals surface area contributed by atoms with Crippen LogP contribution >= 0.6 is 11.6 Å². The minimum Gasteiger partial charge on any atom is -0.369 e. The summed E-state index contributed by atoms with van der Waals surface area (Å²) in [6.45, 7) is 4.76. The summed E-state index contributed by atoms with van der Waals surface area (Å²) in [5.74, 6) is -0.885. The second kappa shape index (κ2) is 8.01. The summed E-state index contributed by atoms with van der Waals surface area (Å²) in [6.07, 6.45) is 0. The number of hydrogen-bond donors (Lipinski definition) is 1. The van der Waals surface area contributed by atoms with Crippen LogP contribution in [0.25, 0.3) is 0 Å². The second-order valence-electron chi connectivity index (χ2n) is 6.29. The topological polar surface area (TPSA) is 35.6 Å². The van der Waals surface area contributed by atoms with Crippen LogP contribution in [0.1, 0.15) is 6.92 Å². The zero-order chi connectivity index (χ0) is 18.7. The van der Waals surface area contributed by atoms with E-state index >= 15 is 0 Å². The van der Waals surface area contributed by atoms with Gasteiger partial charge in [-0.2, -0.15) is 0 Å². The second-order valence-corrected chi connectivity index (χ2v) is 6.70. The molecule has 1 aliphatic rings. The van der Waals surface area contributed by atoms with Crippen LogP contribution in [0.4, 0.5) is 20.2 Å². The van der Waals surface area contributed by atoms with Gasteiger partial charge in [0, 0.05) is 31.9 Å². The first-order chi connectivity index (χ1) is 12.4. The molecule has 4 nitrogen and oxygen atoms in total. The van der Waals surface area contributed by atoms with Crippen LogP contribution in [0.3, 0.4) is 0 Å². The maximum absolute atomic E-state index is 13.1. The van der Waals surface area contributed by atoms with E-state index in [4.69, 9.17) is 11.6 Å². The van der Waals surface area contributed by atoms with Crippen molar-refractivity contribution in [2.45, 2.75) is 13.0 Å². The lowest BCUT2D eigenvalue weighted by atomic mass is 10.2. The Morgan fingerprint density at radius 3 is 2.27 bits per heavy atom. The molecule has 0 radical (unpaired) electrons. The molecule has 2 aromatic rings. The van der Waals surface area contributed by atoms with Gasteiger partial charge in [-0.05, 0) is 49.4 Å². The van der Waals surface area contributed by atoms with E-state index in [1.165, 1.54) is 30.3 Å². The van der Waals surface area contributed by atoms with E-state index in [-0.39, 0.29) is 22.8 Å². The Kier molecular flexibility index (Phi) is 5.74. The normalized spacial score (nSPS) is 16.4. The zero-order valence-corrected chi connectivity index (χ0v) is 15.1. The highest BCUT2D eigenvalue weighted by Gasteiger charge is 2.26. The van der Waals surface area contributed by atoms with Crippen LogP contribution < -0.4 is 10.2 Å². The van der Waals surface area contributed by atoms with Gasteiger partial charge >= 0.3 is 0 Å². The Bertz CT molecular complexity index is 777. The SMILES string of the molecule is C[C@H](C(=O)Nc1ccc(F)cc1Cl)N1CCN(c2ccc(F)cc2)CC1. The largest absolute Gasteiger partial charge is 0.369 e. The van der Waals surface area contributed by atoms with Crippen molar-refractivity contribution >= 4 is 28.9 Å². The maximum atomic E-state index is 13.1. The molecule has 0 spiro atoms. The van der Waals surface area contributed by atoms with Crippen molar-refractivity contribution in [1.29, 1.82) is 0 Å². The van der Waals surface area contributed by atoms with E-state index in [0.717, 1.165) is 18.8 Å². The average molecular weight is 380 g/mol. The molecule has 7 heteroatoms. The average Bonchev–Trinajstić information content (AvgIpc) is 2.64. The van der Waals surface area contributed by atoms with Crippen LogP contribution in [0.15, 0.2) is 42.5 Å². The van der Waals surface area contributed by atoms with Gasteiger partial charge in [-0.25, -0.2) is 8.78 Å². The van der Waals surface area contributed by atoms with Gasteiger partial charge in [-0.3, -0.25) is 9.69 Å².